The van der Waals surface area contributed by atoms with Crippen molar-refractivity contribution in [2.45, 2.75) is 13.0 Å². The van der Waals surface area contributed by atoms with Gasteiger partial charge in [0.05, 0.1) is 4.92 Å². The van der Waals surface area contributed by atoms with Crippen molar-refractivity contribution in [3.8, 4) is 0 Å². The van der Waals surface area contributed by atoms with E-state index in [1.807, 2.05) is 0 Å². The van der Waals surface area contributed by atoms with Gasteiger partial charge in [0.15, 0.2) is 0 Å². The fourth-order valence-electron chi connectivity index (χ4n) is 1.80. The molecule has 0 saturated carbocycles. The Morgan fingerprint density at radius 1 is 1.40 bits per heavy atom. The number of rotatable bonds is 5. The van der Waals surface area contributed by atoms with Crippen molar-refractivity contribution in [3.05, 3.63) is 58.2 Å². The maximum absolute atomic E-state index is 11.4. The number of aromatic nitrogens is 2. The number of nitro groups is 1. The van der Waals surface area contributed by atoms with Gasteiger partial charge in [-0.3, -0.25) is 14.9 Å². The Hall–Kier alpha value is -2.70. The van der Waals surface area contributed by atoms with Crippen LogP contribution in [0.25, 0.3) is 0 Å². The minimum Gasteiger partial charge on any atom is -0.358 e. The van der Waals surface area contributed by atoms with Crippen molar-refractivity contribution >= 4 is 11.6 Å². The number of nitrogens with one attached hydrogen (secondary N) is 1. The molecule has 2 rings (SSSR count). The van der Waals surface area contributed by atoms with Crippen LogP contribution >= 0.6 is 0 Å². The molecule has 104 valence electrons. The van der Waals surface area contributed by atoms with Crippen molar-refractivity contribution in [2.75, 3.05) is 7.05 Å². The SMILES string of the molecule is CNC(=O)Cn1ccnc1Cc1ccc([N+](=O)[O-])cc1. The zero-order valence-corrected chi connectivity index (χ0v) is 10.9. The first-order valence-electron chi connectivity index (χ1n) is 6.04. The van der Waals surface area contributed by atoms with Gasteiger partial charge in [-0.25, -0.2) is 4.98 Å². The molecule has 1 aromatic carbocycles. The van der Waals surface area contributed by atoms with Crippen molar-refractivity contribution in [3.63, 3.8) is 0 Å². The van der Waals surface area contributed by atoms with Crippen molar-refractivity contribution in [1.82, 2.24) is 14.9 Å². The highest BCUT2D eigenvalue weighted by atomic mass is 16.6. The van der Waals surface area contributed by atoms with E-state index in [1.54, 1.807) is 36.1 Å². The van der Waals surface area contributed by atoms with Crippen LogP contribution in [-0.4, -0.2) is 27.4 Å². The summed E-state index contributed by atoms with van der Waals surface area (Å²) in [6.07, 6.45) is 3.88. The average Bonchev–Trinajstić information content (AvgIpc) is 2.86. The van der Waals surface area contributed by atoms with Crippen LogP contribution < -0.4 is 5.32 Å². The van der Waals surface area contributed by atoms with Gasteiger partial charge in [0.1, 0.15) is 12.4 Å². The van der Waals surface area contributed by atoms with Gasteiger partial charge >= 0.3 is 0 Å². The first kappa shape index (κ1) is 13.7. The maximum atomic E-state index is 11.4. The second-order valence-electron chi connectivity index (χ2n) is 4.24. The molecule has 7 nitrogen and oxygen atoms in total. The molecule has 0 aliphatic heterocycles. The summed E-state index contributed by atoms with van der Waals surface area (Å²) in [5.41, 5.74) is 0.961. The van der Waals surface area contributed by atoms with Crippen LogP contribution in [-0.2, 0) is 17.8 Å². The van der Waals surface area contributed by atoms with Crippen molar-refractivity contribution in [2.24, 2.45) is 0 Å². The van der Waals surface area contributed by atoms with Crippen LogP contribution in [0.15, 0.2) is 36.7 Å². The third kappa shape index (κ3) is 3.19. The van der Waals surface area contributed by atoms with Gasteiger partial charge in [0, 0.05) is 38.0 Å². The van der Waals surface area contributed by atoms with E-state index >= 15 is 0 Å². The van der Waals surface area contributed by atoms with Gasteiger partial charge in [0.25, 0.3) is 5.69 Å². The molecule has 0 bridgehead atoms. The number of nitro benzene ring substituents is 1. The lowest BCUT2D eigenvalue weighted by Gasteiger charge is -2.07. The molecule has 1 aromatic heterocycles. The molecule has 0 radical (unpaired) electrons. The first-order chi connectivity index (χ1) is 9.60. The molecular weight excluding hydrogens is 260 g/mol. The van der Waals surface area contributed by atoms with Crippen LogP contribution in [0.2, 0.25) is 0 Å². The Morgan fingerprint density at radius 3 is 2.70 bits per heavy atom. The van der Waals surface area contributed by atoms with Gasteiger partial charge in [-0.2, -0.15) is 0 Å². The summed E-state index contributed by atoms with van der Waals surface area (Å²) in [5, 5.41) is 13.1. The summed E-state index contributed by atoms with van der Waals surface area (Å²) in [6.45, 7) is 0.207. The summed E-state index contributed by atoms with van der Waals surface area (Å²) in [5.74, 6) is 0.635. The number of carbonyl (C=O) groups is 1. The number of hydrogen-bond acceptors (Lipinski definition) is 4. The maximum Gasteiger partial charge on any atom is 0.269 e. The van der Waals surface area contributed by atoms with Crippen LogP contribution in [0, 0.1) is 10.1 Å². The standard InChI is InChI=1S/C13H14N4O3/c1-14-13(18)9-16-7-6-15-12(16)8-10-2-4-11(5-3-10)17(19)20/h2-7H,8-9H2,1H3,(H,14,18). The van der Waals surface area contributed by atoms with E-state index in [9.17, 15) is 14.9 Å². The molecule has 2 aromatic rings. The largest absolute Gasteiger partial charge is 0.358 e. The highest BCUT2D eigenvalue weighted by Gasteiger charge is 2.09. The highest BCUT2D eigenvalue weighted by Crippen LogP contribution is 2.14. The molecule has 0 unspecified atom stereocenters. The summed E-state index contributed by atoms with van der Waals surface area (Å²) in [4.78, 5) is 25.7. The van der Waals surface area contributed by atoms with E-state index in [0.29, 0.717) is 6.42 Å². The summed E-state index contributed by atoms with van der Waals surface area (Å²) < 4.78 is 1.75. The number of imidazole rings is 1. The second-order valence-corrected chi connectivity index (χ2v) is 4.24. The monoisotopic (exact) mass is 274 g/mol. The normalized spacial score (nSPS) is 10.2. The van der Waals surface area contributed by atoms with Gasteiger partial charge in [-0.15, -0.1) is 0 Å². The number of nitrogens with zero attached hydrogens (tertiary/aromatic N) is 3. The van der Waals surface area contributed by atoms with E-state index in [-0.39, 0.29) is 18.1 Å². The number of benzene rings is 1. The molecule has 0 fully saturated rings. The van der Waals surface area contributed by atoms with Crippen LogP contribution in [0.5, 0.6) is 0 Å². The van der Waals surface area contributed by atoms with Crippen LogP contribution in [0.1, 0.15) is 11.4 Å². The predicted octanol–water partition coefficient (Wildman–Crippen LogP) is 1.13. The minimum atomic E-state index is -0.434. The lowest BCUT2D eigenvalue weighted by molar-refractivity contribution is -0.384. The minimum absolute atomic E-state index is 0.0578. The Kier molecular flexibility index (Phi) is 4.09. The molecule has 1 N–H and O–H groups in total. The van der Waals surface area contributed by atoms with Gasteiger partial charge in [-0.05, 0) is 5.56 Å². The molecule has 0 spiro atoms. The predicted molar refractivity (Wildman–Crippen MR) is 72.2 cm³/mol. The van der Waals surface area contributed by atoms with E-state index in [1.165, 1.54) is 12.1 Å². The number of amides is 1. The Balaban J connectivity index is 2.12. The summed E-state index contributed by atoms with van der Waals surface area (Å²) >= 11 is 0. The van der Waals surface area contributed by atoms with Crippen LogP contribution in [0.4, 0.5) is 5.69 Å². The Bertz CT molecular complexity index is 619. The fourth-order valence-corrected chi connectivity index (χ4v) is 1.80. The molecule has 1 amide bonds. The number of likely N-dealkylation sites (N-methyl/N-ethyl adjacent to an activating group) is 1. The molecular formula is C13H14N4O3. The van der Waals surface area contributed by atoms with E-state index in [2.05, 4.69) is 10.3 Å². The Morgan fingerprint density at radius 2 is 2.10 bits per heavy atom. The topological polar surface area (TPSA) is 90.1 Å². The second kappa shape index (κ2) is 5.96. The zero-order valence-electron chi connectivity index (χ0n) is 10.9. The molecule has 7 heteroatoms. The fraction of sp³-hybridized carbons (Fsp3) is 0.231. The Labute approximate surface area is 115 Å². The molecule has 0 saturated heterocycles. The molecule has 20 heavy (non-hydrogen) atoms. The summed E-state index contributed by atoms with van der Waals surface area (Å²) in [6, 6.07) is 6.30. The van der Waals surface area contributed by atoms with Gasteiger partial charge < -0.3 is 9.88 Å². The van der Waals surface area contributed by atoms with E-state index in [0.717, 1.165) is 11.4 Å². The lowest BCUT2D eigenvalue weighted by atomic mass is 10.1. The van der Waals surface area contributed by atoms with Gasteiger partial charge in [-0.1, -0.05) is 12.1 Å². The van der Waals surface area contributed by atoms with Crippen molar-refractivity contribution in [1.29, 1.82) is 0 Å². The average molecular weight is 274 g/mol. The third-order valence-electron chi connectivity index (χ3n) is 2.90. The van der Waals surface area contributed by atoms with Gasteiger partial charge in [0.2, 0.25) is 5.91 Å². The third-order valence-corrected chi connectivity index (χ3v) is 2.90. The first-order valence-corrected chi connectivity index (χ1v) is 6.04. The van der Waals surface area contributed by atoms with Crippen molar-refractivity contribution < 1.29 is 9.72 Å². The zero-order chi connectivity index (χ0) is 14.5. The highest BCUT2D eigenvalue weighted by molar-refractivity contribution is 5.75. The number of non-ortho nitro benzene ring substituents is 1. The summed E-state index contributed by atoms with van der Waals surface area (Å²) in [7, 11) is 1.58. The molecule has 0 aliphatic rings. The number of hydrogen-bond donors (Lipinski definition) is 1. The quantitative estimate of drug-likeness (QED) is 0.653. The van der Waals surface area contributed by atoms with Crippen LogP contribution in [0.3, 0.4) is 0 Å². The molecule has 0 aliphatic carbocycles. The lowest BCUT2D eigenvalue weighted by Crippen LogP contribution is -2.24. The molecule has 0 atom stereocenters. The van der Waals surface area contributed by atoms with E-state index < -0.39 is 4.92 Å². The smallest absolute Gasteiger partial charge is 0.269 e. The number of carbonyl (C=O) groups excluding carboxylic acids is 1. The molecule has 1 heterocycles. The van der Waals surface area contributed by atoms with E-state index in [4.69, 9.17) is 0 Å².